The molecule has 0 bridgehead atoms. The molecule has 92 valence electrons. The highest BCUT2D eigenvalue weighted by Crippen LogP contribution is 2.41. The van der Waals surface area contributed by atoms with Crippen LogP contribution in [-0.4, -0.2) is 26.2 Å². The van der Waals surface area contributed by atoms with Crippen molar-refractivity contribution in [3.63, 3.8) is 0 Å². The first-order chi connectivity index (χ1) is 8.20. The largest absolute Gasteiger partial charge is 0.370 e. The van der Waals surface area contributed by atoms with Crippen LogP contribution in [0.4, 0.5) is 5.69 Å². The average Bonchev–Trinajstić information content (AvgIpc) is 2.31. The first kappa shape index (κ1) is 11.4. The third-order valence-electron chi connectivity index (χ3n) is 4.19. The monoisotopic (exact) mass is 250 g/mol. The van der Waals surface area contributed by atoms with E-state index in [9.17, 15) is 0 Å². The number of benzene rings is 1. The van der Waals surface area contributed by atoms with Crippen LogP contribution in [0.2, 0.25) is 5.02 Å². The molecule has 2 nitrogen and oxygen atoms in total. The summed E-state index contributed by atoms with van der Waals surface area (Å²) in [5.41, 5.74) is 3.06. The van der Waals surface area contributed by atoms with Crippen molar-refractivity contribution >= 4 is 17.3 Å². The summed E-state index contributed by atoms with van der Waals surface area (Å²) in [6, 6.07) is 6.21. The highest BCUT2D eigenvalue weighted by Gasteiger charge is 2.43. The molecule has 0 aromatic heterocycles. The lowest BCUT2D eigenvalue weighted by Crippen LogP contribution is -2.62. The molecule has 0 unspecified atom stereocenters. The second-order valence-electron chi connectivity index (χ2n) is 5.52. The molecule has 2 fully saturated rings. The Labute approximate surface area is 108 Å². The van der Waals surface area contributed by atoms with Crippen LogP contribution in [0.5, 0.6) is 0 Å². The maximum Gasteiger partial charge on any atom is 0.0455 e. The fourth-order valence-corrected chi connectivity index (χ4v) is 3.34. The minimum absolute atomic E-state index is 0.535. The fraction of sp³-hybridized carbons (Fsp3) is 0.571. The zero-order valence-electron chi connectivity index (χ0n) is 10.3. The Morgan fingerprint density at radius 3 is 2.88 bits per heavy atom. The summed E-state index contributed by atoms with van der Waals surface area (Å²) in [6.07, 6.45) is 2.69. The van der Waals surface area contributed by atoms with Gasteiger partial charge in [0.2, 0.25) is 0 Å². The van der Waals surface area contributed by atoms with E-state index in [1.54, 1.807) is 0 Å². The van der Waals surface area contributed by atoms with E-state index in [0.717, 1.165) is 5.02 Å². The van der Waals surface area contributed by atoms with E-state index >= 15 is 0 Å². The number of piperidine rings is 1. The SMILES string of the molecule is Cc1c(Cl)cccc1N1CC2(CCCNC2)C1. The van der Waals surface area contributed by atoms with Crippen LogP contribution in [0.3, 0.4) is 0 Å². The first-order valence-corrected chi connectivity index (χ1v) is 6.79. The lowest BCUT2D eigenvalue weighted by atomic mass is 9.73. The van der Waals surface area contributed by atoms with Gasteiger partial charge in [0.25, 0.3) is 0 Å². The summed E-state index contributed by atoms with van der Waals surface area (Å²) in [7, 11) is 0. The van der Waals surface area contributed by atoms with Gasteiger partial charge in [0.1, 0.15) is 0 Å². The molecule has 2 heterocycles. The lowest BCUT2D eigenvalue weighted by molar-refractivity contribution is 0.156. The van der Waals surface area contributed by atoms with E-state index in [2.05, 4.69) is 29.3 Å². The molecule has 0 amide bonds. The number of nitrogens with zero attached hydrogens (tertiary/aromatic N) is 1. The minimum Gasteiger partial charge on any atom is -0.370 e. The van der Waals surface area contributed by atoms with Crippen LogP contribution >= 0.6 is 11.6 Å². The highest BCUT2D eigenvalue weighted by molar-refractivity contribution is 6.31. The molecule has 1 spiro atoms. The topological polar surface area (TPSA) is 15.3 Å². The Morgan fingerprint density at radius 1 is 1.35 bits per heavy atom. The van der Waals surface area contributed by atoms with Crippen molar-refractivity contribution in [1.29, 1.82) is 0 Å². The van der Waals surface area contributed by atoms with E-state index in [-0.39, 0.29) is 0 Å². The summed E-state index contributed by atoms with van der Waals surface area (Å²) in [5.74, 6) is 0. The Morgan fingerprint density at radius 2 is 2.18 bits per heavy atom. The van der Waals surface area contributed by atoms with Crippen molar-refractivity contribution in [3.05, 3.63) is 28.8 Å². The van der Waals surface area contributed by atoms with Gasteiger partial charge in [0.15, 0.2) is 0 Å². The predicted octanol–water partition coefficient (Wildman–Crippen LogP) is 2.84. The van der Waals surface area contributed by atoms with E-state index in [4.69, 9.17) is 11.6 Å². The predicted molar refractivity (Wildman–Crippen MR) is 72.9 cm³/mol. The van der Waals surface area contributed by atoms with Gasteiger partial charge in [-0.3, -0.25) is 0 Å². The molecule has 1 N–H and O–H groups in total. The number of nitrogens with one attached hydrogen (secondary N) is 1. The smallest absolute Gasteiger partial charge is 0.0455 e. The summed E-state index contributed by atoms with van der Waals surface area (Å²) in [6.45, 7) is 6.85. The van der Waals surface area contributed by atoms with Crippen molar-refractivity contribution in [2.75, 3.05) is 31.1 Å². The number of hydrogen-bond acceptors (Lipinski definition) is 2. The Balaban J connectivity index is 1.74. The number of rotatable bonds is 1. The molecular weight excluding hydrogens is 232 g/mol. The van der Waals surface area contributed by atoms with Gasteiger partial charge in [-0.1, -0.05) is 17.7 Å². The summed E-state index contributed by atoms with van der Waals surface area (Å²) < 4.78 is 0. The fourth-order valence-electron chi connectivity index (χ4n) is 3.17. The average molecular weight is 251 g/mol. The molecule has 1 aromatic carbocycles. The molecule has 2 aliphatic rings. The molecule has 3 rings (SSSR count). The molecule has 0 aliphatic carbocycles. The van der Waals surface area contributed by atoms with Gasteiger partial charge in [-0.25, -0.2) is 0 Å². The second kappa shape index (κ2) is 4.18. The summed E-state index contributed by atoms with van der Waals surface area (Å²) in [5, 5.41) is 4.40. The number of hydrogen-bond donors (Lipinski definition) is 1. The first-order valence-electron chi connectivity index (χ1n) is 6.41. The van der Waals surface area contributed by atoms with Crippen molar-refractivity contribution in [2.45, 2.75) is 19.8 Å². The molecule has 2 aliphatic heterocycles. The van der Waals surface area contributed by atoms with Crippen molar-refractivity contribution in [3.8, 4) is 0 Å². The normalized spacial score (nSPS) is 22.6. The van der Waals surface area contributed by atoms with Crippen LogP contribution < -0.4 is 10.2 Å². The third kappa shape index (κ3) is 1.94. The van der Waals surface area contributed by atoms with Gasteiger partial charge >= 0.3 is 0 Å². The summed E-state index contributed by atoms with van der Waals surface area (Å²) >= 11 is 6.18. The van der Waals surface area contributed by atoms with E-state index in [0.29, 0.717) is 5.41 Å². The van der Waals surface area contributed by atoms with Gasteiger partial charge in [-0.15, -0.1) is 0 Å². The Hall–Kier alpha value is -0.730. The van der Waals surface area contributed by atoms with Crippen molar-refractivity contribution in [1.82, 2.24) is 5.32 Å². The van der Waals surface area contributed by atoms with E-state index in [1.807, 2.05) is 6.07 Å². The Kier molecular flexibility index (Phi) is 2.80. The van der Waals surface area contributed by atoms with Gasteiger partial charge in [0, 0.05) is 35.8 Å². The molecule has 0 radical (unpaired) electrons. The van der Waals surface area contributed by atoms with Crippen LogP contribution in [0, 0.1) is 12.3 Å². The molecule has 17 heavy (non-hydrogen) atoms. The van der Waals surface area contributed by atoms with Gasteiger partial charge < -0.3 is 10.2 Å². The van der Waals surface area contributed by atoms with Crippen LogP contribution in [0.15, 0.2) is 18.2 Å². The van der Waals surface area contributed by atoms with Crippen LogP contribution in [-0.2, 0) is 0 Å². The van der Waals surface area contributed by atoms with E-state index < -0.39 is 0 Å². The molecule has 3 heteroatoms. The number of anilines is 1. The molecule has 0 saturated carbocycles. The van der Waals surface area contributed by atoms with E-state index in [1.165, 1.54) is 50.3 Å². The maximum atomic E-state index is 6.18. The summed E-state index contributed by atoms with van der Waals surface area (Å²) in [4.78, 5) is 2.47. The van der Waals surface area contributed by atoms with Crippen molar-refractivity contribution < 1.29 is 0 Å². The van der Waals surface area contributed by atoms with Crippen LogP contribution in [0.25, 0.3) is 0 Å². The van der Waals surface area contributed by atoms with Crippen molar-refractivity contribution in [2.24, 2.45) is 5.41 Å². The lowest BCUT2D eigenvalue weighted by Gasteiger charge is -2.54. The molecular formula is C14H19ClN2. The maximum absolute atomic E-state index is 6.18. The Bertz CT molecular complexity index is 416. The minimum atomic E-state index is 0.535. The highest BCUT2D eigenvalue weighted by atomic mass is 35.5. The molecule has 1 aromatic rings. The van der Waals surface area contributed by atoms with Crippen LogP contribution in [0.1, 0.15) is 18.4 Å². The number of halogens is 1. The third-order valence-corrected chi connectivity index (χ3v) is 4.60. The van der Waals surface area contributed by atoms with Gasteiger partial charge in [0.05, 0.1) is 0 Å². The quantitative estimate of drug-likeness (QED) is 0.825. The second-order valence-corrected chi connectivity index (χ2v) is 5.93. The van der Waals surface area contributed by atoms with Gasteiger partial charge in [-0.05, 0) is 44.0 Å². The van der Waals surface area contributed by atoms with Gasteiger partial charge in [-0.2, -0.15) is 0 Å². The standard InChI is InChI=1S/C14H19ClN2/c1-11-12(15)4-2-5-13(11)17-9-14(10-17)6-3-7-16-8-14/h2,4-5,16H,3,6-10H2,1H3. The molecule has 0 atom stereocenters. The zero-order chi connectivity index (χ0) is 11.9. The zero-order valence-corrected chi connectivity index (χ0v) is 11.1. The molecule has 2 saturated heterocycles.